The van der Waals surface area contributed by atoms with Crippen LogP contribution in [0.1, 0.15) is 16.5 Å². The first-order valence-corrected chi connectivity index (χ1v) is 10.5. The number of carbonyl (C=O) groups is 1. The number of rotatable bonds is 6. The van der Waals surface area contributed by atoms with Gasteiger partial charge in [0.15, 0.2) is 11.7 Å². The normalized spacial score (nSPS) is 11.3. The van der Waals surface area contributed by atoms with E-state index in [0.29, 0.717) is 22.0 Å². The zero-order valence-electron chi connectivity index (χ0n) is 16.7. The van der Waals surface area contributed by atoms with Crippen molar-refractivity contribution >= 4 is 17.1 Å². The molecule has 32 heavy (non-hydrogen) atoms. The van der Waals surface area contributed by atoms with E-state index in [1.807, 2.05) is 36.4 Å². The Kier molecular flexibility index (Phi) is 5.98. The molecule has 4 rings (SSSR count). The smallest absolute Gasteiger partial charge is 0.267 e. The lowest BCUT2D eigenvalue weighted by Gasteiger charge is -2.09. The Morgan fingerprint density at radius 3 is 2.38 bits per heavy atom. The van der Waals surface area contributed by atoms with Gasteiger partial charge in [-0.1, -0.05) is 42.5 Å². The molecule has 0 fully saturated rings. The van der Waals surface area contributed by atoms with Crippen LogP contribution in [0.2, 0.25) is 0 Å². The third kappa shape index (κ3) is 4.36. The molecule has 8 heteroatoms. The summed E-state index contributed by atoms with van der Waals surface area (Å²) >= 11 is 1.20. The number of aromatic nitrogens is 3. The third-order valence-electron chi connectivity index (χ3n) is 4.77. The molecular weight excluding hydrogens is 422 g/mol. The van der Waals surface area contributed by atoms with Gasteiger partial charge < -0.3 is 0 Å². The van der Waals surface area contributed by atoms with Crippen molar-refractivity contribution in [2.24, 2.45) is 0 Å². The maximum atomic E-state index is 12.9. The molecule has 0 saturated heterocycles. The van der Waals surface area contributed by atoms with E-state index in [1.54, 1.807) is 35.7 Å². The van der Waals surface area contributed by atoms with Crippen molar-refractivity contribution in [2.45, 2.75) is 12.5 Å². The standard InChI is InChI=1S/C24H15N5O2S/c25-12-16-6-8-18(9-7-16)21-15-32-24(27-21)19(13-26)22(30)14-29-23(31)11-10-20(28-29)17-4-2-1-3-5-17/h1-11,15,19H,14H2. The van der Waals surface area contributed by atoms with Crippen molar-refractivity contribution in [2.75, 3.05) is 0 Å². The Balaban J connectivity index is 1.57. The van der Waals surface area contributed by atoms with Crippen LogP contribution in [-0.4, -0.2) is 20.5 Å². The van der Waals surface area contributed by atoms with Gasteiger partial charge in [0.2, 0.25) is 0 Å². The molecule has 2 heterocycles. The van der Waals surface area contributed by atoms with Gasteiger partial charge in [-0.3, -0.25) is 9.59 Å². The van der Waals surface area contributed by atoms with Gasteiger partial charge in [0.1, 0.15) is 11.6 Å². The van der Waals surface area contributed by atoms with Crippen molar-refractivity contribution in [3.05, 3.63) is 93.0 Å². The number of Topliss-reactive ketones (excluding diaryl/α,β-unsaturated/α-hetero) is 1. The lowest BCUT2D eigenvalue weighted by molar-refractivity contribution is -0.120. The highest BCUT2D eigenvalue weighted by Crippen LogP contribution is 2.27. The number of nitrogens with zero attached hydrogens (tertiary/aromatic N) is 5. The molecule has 0 aliphatic rings. The highest BCUT2D eigenvalue weighted by molar-refractivity contribution is 7.10. The van der Waals surface area contributed by atoms with E-state index in [1.165, 1.54) is 17.4 Å². The third-order valence-corrected chi connectivity index (χ3v) is 5.68. The second kappa shape index (κ2) is 9.17. The van der Waals surface area contributed by atoms with Gasteiger partial charge in [-0.2, -0.15) is 15.6 Å². The van der Waals surface area contributed by atoms with Crippen LogP contribution in [0.3, 0.4) is 0 Å². The first-order valence-electron chi connectivity index (χ1n) is 9.61. The number of thiazole rings is 1. The Morgan fingerprint density at radius 1 is 0.969 bits per heavy atom. The fourth-order valence-corrected chi connectivity index (χ4v) is 3.99. The van der Waals surface area contributed by atoms with Crippen LogP contribution < -0.4 is 5.56 Å². The van der Waals surface area contributed by atoms with E-state index in [0.717, 1.165) is 15.8 Å². The summed E-state index contributed by atoms with van der Waals surface area (Å²) in [7, 11) is 0. The summed E-state index contributed by atoms with van der Waals surface area (Å²) in [5, 5.41) is 25.0. The fraction of sp³-hybridized carbons (Fsp3) is 0.0833. The van der Waals surface area contributed by atoms with E-state index in [4.69, 9.17) is 5.26 Å². The topological polar surface area (TPSA) is 112 Å². The first-order chi connectivity index (χ1) is 15.6. The molecule has 1 unspecified atom stereocenters. The molecule has 0 saturated carbocycles. The van der Waals surface area contributed by atoms with Crippen LogP contribution in [-0.2, 0) is 11.3 Å². The molecule has 2 aromatic carbocycles. The number of hydrogen-bond donors (Lipinski definition) is 0. The summed E-state index contributed by atoms with van der Waals surface area (Å²) < 4.78 is 1.07. The molecule has 4 aromatic rings. The molecule has 0 radical (unpaired) electrons. The monoisotopic (exact) mass is 437 g/mol. The molecule has 0 aliphatic carbocycles. The van der Waals surface area contributed by atoms with Crippen LogP contribution in [0.15, 0.2) is 76.9 Å². The molecular formula is C24H15N5O2S. The minimum Gasteiger partial charge on any atom is -0.296 e. The van der Waals surface area contributed by atoms with Crippen LogP contribution in [0, 0.1) is 22.7 Å². The number of hydrogen-bond acceptors (Lipinski definition) is 7. The van der Waals surface area contributed by atoms with Gasteiger partial charge in [0.25, 0.3) is 5.56 Å². The van der Waals surface area contributed by atoms with Gasteiger partial charge in [0, 0.05) is 22.6 Å². The van der Waals surface area contributed by atoms with E-state index in [9.17, 15) is 14.9 Å². The summed E-state index contributed by atoms with van der Waals surface area (Å²) in [5.74, 6) is -1.57. The molecule has 0 amide bonds. The van der Waals surface area contributed by atoms with Crippen LogP contribution in [0.5, 0.6) is 0 Å². The first kappa shape index (κ1) is 20.9. The van der Waals surface area contributed by atoms with Gasteiger partial charge >= 0.3 is 0 Å². The molecule has 7 nitrogen and oxygen atoms in total. The molecule has 0 N–H and O–H groups in total. The van der Waals surface area contributed by atoms with Crippen molar-refractivity contribution < 1.29 is 4.79 Å². The Morgan fingerprint density at radius 2 is 1.69 bits per heavy atom. The number of ketones is 1. The highest BCUT2D eigenvalue weighted by Gasteiger charge is 2.25. The number of benzene rings is 2. The maximum absolute atomic E-state index is 12.9. The average molecular weight is 437 g/mol. The van der Waals surface area contributed by atoms with Crippen molar-refractivity contribution in [3.63, 3.8) is 0 Å². The Labute approximate surface area is 187 Å². The summed E-state index contributed by atoms with van der Waals surface area (Å²) in [4.78, 5) is 29.6. The van der Waals surface area contributed by atoms with E-state index < -0.39 is 17.3 Å². The molecule has 0 bridgehead atoms. The summed E-state index contributed by atoms with van der Waals surface area (Å²) in [6.45, 7) is -0.330. The van der Waals surface area contributed by atoms with E-state index in [2.05, 4.69) is 16.2 Å². The Hall–Kier alpha value is -4.40. The zero-order valence-corrected chi connectivity index (χ0v) is 17.5. The zero-order chi connectivity index (χ0) is 22.5. The predicted molar refractivity (Wildman–Crippen MR) is 120 cm³/mol. The van der Waals surface area contributed by atoms with Gasteiger partial charge in [-0.15, -0.1) is 11.3 Å². The minimum absolute atomic E-state index is 0.330. The lowest BCUT2D eigenvalue weighted by Crippen LogP contribution is -2.28. The molecule has 0 aliphatic heterocycles. The minimum atomic E-state index is -1.11. The molecule has 154 valence electrons. The van der Waals surface area contributed by atoms with Gasteiger partial charge in [-0.25, -0.2) is 9.67 Å². The van der Waals surface area contributed by atoms with Crippen LogP contribution in [0.25, 0.3) is 22.5 Å². The van der Waals surface area contributed by atoms with Crippen LogP contribution >= 0.6 is 11.3 Å². The number of carbonyl (C=O) groups excluding carboxylic acids is 1. The van der Waals surface area contributed by atoms with E-state index in [-0.39, 0.29) is 6.54 Å². The predicted octanol–water partition coefficient (Wildman–Crippen LogP) is 3.78. The lowest BCUT2D eigenvalue weighted by atomic mass is 10.1. The fourth-order valence-electron chi connectivity index (χ4n) is 3.10. The van der Waals surface area contributed by atoms with Crippen molar-refractivity contribution in [3.8, 4) is 34.7 Å². The Bertz CT molecular complexity index is 1410. The summed E-state index contributed by atoms with van der Waals surface area (Å²) in [6.07, 6.45) is 0. The second-order valence-corrected chi connectivity index (χ2v) is 7.76. The SMILES string of the molecule is N#Cc1ccc(-c2csc(C(C#N)C(=O)Cn3nc(-c4ccccc4)ccc3=O)n2)cc1. The summed E-state index contributed by atoms with van der Waals surface area (Å²) in [6, 6.07) is 23.2. The summed E-state index contributed by atoms with van der Waals surface area (Å²) in [5.41, 5.74) is 2.88. The molecule has 0 spiro atoms. The van der Waals surface area contributed by atoms with Gasteiger partial charge in [0.05, 0.1) is 29.1 Å². The average Bonchev–Trinajstić information content (AvgIpc) is 3.31. The maximum Gasteiger partial charge on any atom is 0.267 e. The number of nitriles is 2. The second-order valence-electron chi connectivity index (χ2n) is 6.87. The molecule has 1 atom stereocenters. The molecule has 2 aromatic heterocycles. The van der Waals surface area contributed by atoms with Crippen molar-refractivity contribution in [1.29, 1.82) is 10.5 Å². The quantitative estimate of drug-likeness (QED) is 0.454. The van der Waals surface area contributed by atoms with E-state index >= 15 is 0 Å². The van der Waals surface area contributed by atoms with Crippen LogP contribution in [0.4, 0.5) is 0 Å². The van der Waals surface area contributed by atoms with Crippen molar-refractivity contribution in [1.82, 2.24) is 14.8 Å². The van der Waals surface area contributed by atoms with Gasteiger partial charge in [-0.05, 0) is 18.2 Å². The highest BCUT2D eigenvalue weighted by atomic mass is 32.1. The largest absolute Gasteiger partial charge is 0.296 e.